The van der Waals surface area contributed by atoms with E-state index in [1.54, 1.807) is 25.1 Å². The van der Waals surface area contributed by atoms with Crippen molar-refractivity contribution < 1.29 is 19.8 Å². The third-order valence-corrected chi connectivity index (χ3v) is 3.11. The Hall–Kier alpha value is -2.36. The fraction of sp³-hybridized carbons (Fsp3) is 0.143. The molecule has 0 bridgehead atoms. The summed E-state index contributed by atoms with van der Waals surface area (Å²) in [7, 11) is 0. The number of benzene rings is 2. The minimum Gasteiger partial charge on any atom is -0.478 e. The Labute approximate surface area is 103 Å². The van der Waals surface area contributed by atoms with Gasteiger partial charge in [0.05, 0.1) is 11.1 Å². The van der Waals surface area contributed by atoms with E-state index < -0.39 is 11.9 Å². The van der Waals surface area contributed by atoms with Gasteiger partial charge in [-0.05, 0) is 47.9 Å². The van der Waals surface area contributed by atoms with Crippen molar-refractivity contribution in [3.8, 4) is 0 Å². The topological polar surface area (TPSA) is 74.6 Å². The maximum atomic E-state index is 11.1. The number of aryl methyl sites for hydroxylation is 2. The van der Waals surface area contributed by atoms with E-state index in [0.29, 0.717) is 16.3 Å². The van der Waals surface area contributed by atoms with Gasteiger partial charge in [0.25, 0.3) is 0 Å². The predicted octanol–water partition coefficient (Wildman–Crippen LogP) is 2.85. The summed E-state index contributed by atoms with van der Waals surface area (Å²) in [5.74, 6) is -2.02. The molecule has 0 amide bonds. The first kappa shape index (κ1) is 12.1. The van der Waals surface area contributed by atoms with E-state index in [-0.39, 0.29) is 11.1 Å². The van der Waals surface area contributed by atoms with Crippen molar-refractivity contribution in [3.05, 3.63) is 46.5 Å². The normalized spacial score (nSPS) is 10.6. The van der Waals surface area contributed by atoms with Crippen LogP contribution in [0.3, 0.4) is 0 Å². The van der Waals surface area contributed by atoms with Crippen molar-refractivity contribution in [2.75, 3.05) is 0 Å². The van der Waals surface area contributed by atoms with Gasteiger partial charge >= 0.3 is 11.9 Å². The van der Waals surface area contributed by atoms with Crippen LogP contribution >= 0.6 is 0 Å². The first-order chi connectivity index (χ1) is 8.43. The summed E-state index contributed by atoms with van der Waals surface area (Å²) in [5, 5.41) is 19.5. The van der Waals surface area contributed by atoms with E-state index in [2.05, 4.69) is 0 Å². The minimum absolute atomic E-state index is 0.190. The summed E-state index contributed by atoms with van der Waals surface area (Å²) in [6.07, 6.45) is 0. The molecule has 2 aromatic rings. The van der Waals surface area contributed by atoms with Gasteiger partial charge in [-0.1, -0.05) is 12.1 Å². The zero-order chi connectivity index (χ0) is 13.4. The van der Waals surface area contributed by atoms with Crippen molar-refractivity contribution >= 4 is 22.7 Å². The van der Waals surface area contributed by atoms with Crippen LogP contribution < -0.4 is 0 Å². The standard InChI is InChI=1S/C14H12O4/c1-7-3-4-11(14(17)18)10-6-5-9(13(15)16)8(2)12(7)10/h3-6H,1-2H3,(H,15,16)(H,17,18). The summed E-state index contributed by atoms with van der Waals surface area (Å²) >= 11 is 0. The SMILES string of the molecule is Cc1ccc(C(=O)O)c2ccc(C(=O)O)c(C)c12. The first-order valence-corrected chi connectivity index (χ1v) is 5.43. The molecule has 0 radical (unpaired) electrons. The predicted molar refractivity (Wildman–Crippen MR) is 67.3 cm³/mol. The van der Waals surface area contributed by atoms with Gasteiger partial charge in [0.1, 0.15) is 0 Å². The Morgan fingerprint density at radius 2 is 1.44 bits per heavy atom. The van der Waals surface area contributed by atoms with E-state index in [9.17, 15) is 9.59 Å². The molecule has 4 nitrogen and oxygen atoms in total. The molecule has 4 heteroatoms. The van der Waals surface area contributed by atoms with Crippen LogP contribution in [-0.2, 0) is 0 Å². The zero-order valence-corrected chi connectivity index (χ0v) is 10.0. The van der Waals surface area contributed by atoms with Gasteiger partial charge in [-0.2, -0.15) is 0 Å². The van der Waals surface area contributed by atoms with E-state index in [0.717, 1.165) is 5.56 Å². The van der Waals surface area contributed by atoms with Crippen molar-refractivity contribution in [1.82, 2.24) is 0 Å². The zero-order valence-electron chi connectivity index (χ0n) is 10.0. The molecule has 0 aliphatic heterocycles. The molecule has 0 unspecified atom stereocenters. The van der Waals surface area contributed by atoms with Crippen molar-refractivity contribution in [1.29, 1.82) is 0 Å². The largest absolute Gasteiger partial charge is 0.478 e. The van der Waals surface area contributed by atoms with Crippen LogP contribution in [0.25, 0.3) is 10.8 Å². The minimum atomic E-state index is -1.01. The molecule has 0 aliphatic rings. The molecule has 18 heavy (non-hydrogen) atoms. The van der Waals surface area contributed by atoms with E-state index in [1.807, 2.05) is 6.92 Å². The second kappa shape index (κ2) is 4.14. The molecule has 0 saturated heterocycles. The molecule has 0 aromatic heterocycles. The average Bonchev–Trinajstić information content (AvgIpc) is 2.28. The lowest BCUT2D eigenvalue weighted by Crippen LogP contribution is -2.03. The number of carboxylic acids is 2. The van der Waals surface area contributed by atoms with E-state index >= 15 is 0 Å². The third kappa shape index (κ3) is 1.72. The third-order valence-electron chi connectivity index (χ3n) is 3.11. The highest BCUT2D eigenvalue weighted by molar-refractivity contribution is 6.08. The molecule has 0 atom stereocenters. The summed E-state index contributed by atoms with van der Waals surface area (Å²) in [6, 6.07) is 6.25. The molecule has 0 saturated carbocycles. The van der Waals surface area contributed by atoms with Crippen LogP contribution in [-0.4, -0.2) is 22.2 Å². The molecule has 2 N–H and O–H groups in total. The fourth-order valence-corrected chi connectivity index (χ4v) is 2.24. The van der Waals surface area contributed by atoms with E-state index in [4.69, 9.17) is 10.2 Å². The maximum Gasteiger partial charge on any atom is 0.336 e. The van der Waals surface area contributed by atoms with Crippen LogP contribution in [0.1, 0.15) is 31.8 Å². The first-order valence-electron chi connectivity index (χ1n) is 5.43. The Morgan fingerprint density at radius 1 is 0.889 bits per heavy atom. The molecule has 0 spiro atoms. The quantitative estimate of drug-likeness (QED) is 0.851. The number of hydrogen-bond donors (Lipinski definition) is 2. The number of carboxylic acid groups (broad SMARTS) is 2. The molecule has 2 rings (SSSR count). The number of hydrogen-bond acceptors (Lipinski definition) is 2. The lowest BCUT2D eigenvalue weighted by Gasteiger charge is -2.11. The fourth-order valence-electron chi connectivity index (χ4n) is 2.24. The smallest absolute Gasteiger partial charge is 0.336 e. The number of fused-ring (bicyclic) bond motifs is 1. The Balaban J connectivity index is 2.94. The Kier molecular flexibility index (Phi) is 2.79. The van der Waals surface area contributed by atoms with Crippen LogP contribution in [0.5, 0.6) is 0 Å². The lowest BCUT2D eigenvalue weighted by atomic mass is 9.93. The molecular weight excluding hydrogens is 232 g/mol. The second-order valence-electron chi connectivity index (χ2n) is 4.20. The van der Waals surface area contributed by atoms with Gasteiger partial charge in [-0.25, -0.2) is 9.59 Å². The highest BCUT2D eigenvalue weighted by atomic mass is 16.4. The second-order valence-corrected chi connectivity index (χ2v) is 4.20. The lowest BCUT2D eigenvalue weighted by molar-refractivity contribution is 0.0687. The molecule has 0 aliphatic carbocycles. The summed E-state index contributed by atoms with van der Waals surface area (Å²) in [4.78, 5) is 22.2. The molecule has 92 valence electrons. The van der Waals surface area contributed by atoms with Gasteiger partial charge in [-0.15, -0.1) is 0 Å². The van der Waals surface area contributed by atoms with Crippen LogP contribution in [0.15, 0.2) is 24.3 Å². The van der Waals surface area contributed by atoms with Crippen molar-refractivity contribution in [2.24, 2.45) is 0 Å². The van der Waals surface area contributed by atoms with Gasteiger partial charge in [-0.3, -0.25) is 0 Å². The molecule has 2 aromatic carbocycles. The average molecular weight is 244 g/mol. The maximum absolute atomic E-state index is 11.1. The van der Waals surface area contributed by atoms with Gasteiger partial charge in [0.2, 0.25) is 0 Å². The van der Waals surface area contributed by atoms with Gasteiger partial charge in [0.15, 0.2) is 0 Å². The number of carbonyl (C=O) groups is 2. The Morgan fingerprint density at radius 3 is 2.00 bits per heavy atom. The van der Waals surface area contributed by atoms with Crippen LogP contribution in [0, 0.1) is 13.8 Å². The summed E-state index contributed by atoms with van der Waals surface area (Å²) in [6.45, 7) is 3.54. The number of aromatic carboxylic acids is 2. The highest BCUT2D eigenvalue weighted by Gasteiger charge is 2.15. The summed E-state index contributed by atoms with van der Waals surface area (Å²) in [5.41, 5.74) is 1.86. The van der Waals surface area contributed by atoms with Crippen molar-refractivity contribution in [2.45, 2.75) is 13.8 Å². The van der Waals surface area contributed by atoms with Gasteiger partial charge < -0.3 is 10.2 Å². The number of rotatable bonds is 2. The monoisotopic (exact) mass is 244 g/mol. The van der Waals surface area contributed by atoms with E-state index in [1.165, 1.54) is 6.07 Å². The van der Waals surface area contributed by atoms with Crippen LogP contribution in [0.2, 0.25) is 0 Å². The molecular formula is C14H12O4. The molecule has 0 heterocycles. The van der Waals surface area contributed by atoms with Crippen molar-refractivity contribution in [3.63, 3.8) is 0 Å². The van der Waals surface area contributed by atoms with Gasteiger partial charge in [0, 0.05) is 0 Å². The highest BCUT2D eigenvalue weighted by Crippen LogP contribution is 2.28. The van der Waals surface area contributed by atoms with Crippen LogP contribution in [0.4, 0.5) is 0 Å². The molecule has 0 fully saturated rings. The Bertz CT molecular complexity index is 671. The summed E-state index contributed by atoms with van der Waals surface area (Å²) < 4.78 is 0.